The van der Waals surface area contributed by atoms with Crippen molar-refractivity contribution in [2.45, 2.75) is 36.9 Å². The van der Waals surface area contributed by atoms with Gasteiger partial charge in [0.15, 0.2) is 10.1 Å². The van der Waals surface area contributed by atoms with Gasteiger partial charge in [0.2, 0.25) is 11.0 Å². The number of hydrogen-bond donors (Lipinski definition) is 2. The molecule has 39 heavy (non-hydrogen) atoms. The highest BCUT2D eigenvalue weighted by Gasteiger charge is 2.46. The molecule has 0 radical (unpaired) electrons. The highest BCUT2D eigenvalue weighted by molar-refractivity contribution is 8.01. The van der Waals surface area contributed by atoms with Crippen molar-refractivity contribution in [1.82, 2.24) is 10.2 Å². The molecule has 0 saturated carbocycles. The minimum absolute atomic E-state index is 0.0634. The van der Waals surface area contributed by atoms with Gasteiger partial charge in [-0.05, 0) is 48.2 Å². The lowest BCUT2D eigenvalue weighted by atomic mass is 9.69. The van der Waals surface area contributed by atoms with Crippen molar-refractivity contribution < 1.29 is 14.0 Å². The first kappa shape index (κ1) is 26.2. The molecule has 0 bridgehead atoms. The third-order valence-corrected chi connectivity index (χ3v) is 8.46. The number of aromatic nitrogens is 2. The monoisotopic (exact) mass is 557 g/mol. The average Bonchev–Trinajstić information content (AvgIpc) is 3.59. The van der Waals surface area contributed by atoms with E-state index < -0.39 is 5.92 Å². The van der Waals surface area contributed by atoms with Crippen LogP contribution in [0.5, 0.6) is 0 Å². The summed E-state index contributed by atoms with van der Waals surface area (Å²) in [6.45, 7) is 4.03. The van der Waals surface area contributed by atoms with E-state index in [2.05, 4.69) is 21.6 Å². The van der Waals surface area contributed by atoms with Gasteiger partial charge in [0.1, 0.15) is 11.6 Å². The number of hydrogen-bond acceptors (Lipinski definition) is 11. The van der Waals surface area contributed by atoms with Crippen LogP contribution in [0.4, 0.5) is 10.8 Å². The molecule has 0 spiro atoms. The predicted octanol–water partition coefficient (Wildman–Crippen LogP) is 4.67. The van der Waals surface area contributed by atoms with Gasteiger partial charge in [-0.15, -0.1) is 10.2 Å². The Morgan fingerprint density at radius 3 is 2.67 bits per heavy atom. The summed E-state index contributed by atoms with van der Waals surface area (Å²) in [5.41, 5.74) is 8.73. The Morgan fingerprint density at radius 2 is 2.00 bits per heavy atom. The second-order valence-corrected chi connectivity index (χ2v) is 12.1. The predicted molar refractivity (Wildman–Crippen MR) is 146 cm³/mol. The van der Waals surface area contributed by atoms with Gasteiger partial charge in [-0.1, -0.05) is 36.9 Å². The van der Waals surface area contributed by atoms with Crippen molar-refractivity contribution in [2.75, 3.05) is 16.0 Å². The lowest BCUT2D eigenvalue weighted by molar-refractivity contribution is -0.118. The minimum atomic E-state index is -0.687. The van der Waals surface area contributed by atoms with E-state index in [4.69, 9.17) is 15.4 Å². The number of thioether (sulfide) groups is 1. The summed E-state index contributed by atoms with van der Waals surface area (Å²) in [6, 6.07) is 14.3. The number of nitrogens with two attached hydrogens (primary N) is 1. The molecule has 3 heterocycles. The van der Waals surface area contributed by atoms with E-state index in [9.17, 15) is 14.9 Å². The number of nitrogens with one attached hydrogen (secondary N) is 1. The van der Waals surface area contributed by atoms with Crippen molar-refractivity contribution in [3.8, 4) is 12.1 Å². The van der Waals surface area contributed by atoms with E-state index in [1.807, 2.05) is 19.9 Å². The molecule has 2 aromatic heterocycles. The normalized spacial score (nSPS) is 18.4. The SMILES string of the molecule is CC1(C)CC(=O)C2=C(C1)N(c1nnc(SCC(=O)Nc3ccc(C#N)cc3)s1)C(N)=C(C#N)C2c1ccco1. The van der Waals surface area contributed by atoms with Gasteiger partial charge in [0.25, 0.3) is 0 Å². The maximum Gasteiger partial charge on any atom is 0.234 e. The second-order valence-electron chi connectivity index (χ2n) is 9.87. The zero-order valence-corrected chi connectivity index (χ0v) is 22.7. The molecule has 196 valence electrons. The number of benzene rings is 1. The van der Waals surface area contributed by atoms with Crippen LogP contribution >= 0.6 is 23.1 Å². The van der Waals surface area contributed by atoms with E-state index in [1.165, 1.54) is 29.4 Å². The first-order chi connectivity index (χ1) is 18.7. The van der Waals surface area contributed by atoms with Gasteiger partial charge in [-0.3, -0.25) is 14.5 Å². The lowest BCUT2D eigenvalue weighted by Gasteiger charge is -2.42. The molecule has 0 fully saturated rings. The number of anilines is 2. The Morgan fingerprint density at radius 1 is 1.23 bits per heavy atom. The number of carbonyl (C=O) groups excluding carboxylic acids is 2. The average molecular weight is 558 g/mol. The smallest absolute Gasteiger partial charge is 0.234 e. The van der Waals surface area contributed by atoms with Crippen LogP contribution in [0.25, 0.3) is 0 Å². The third-order valence-electron chi connectivity index (χ3n) is 6.42. The highest BCUT2D eigenvalue weighted by atomic mass is 32.2. The van der Waals surface area contributed by atoms with Gasteiger partial charge in [-0.25, -0.2) is 0 Å². The maximum absolute atomic E-state index is 13.5. The van der Waals surface area contributed by atoms with Crippen LogP contribution in [0.2, 0.25) is 0 Å². The molecule has 3 aromatic rings. The molecule has 1 amide bonds. The molecule has 10 nitrogen and oxygen atoms in total. The van der Waals surface area contributed by atoms with Crippen molar-refractivity contribution in [1.29, 1.82) is 10.5 Å². The molecular formula is C27H23N7O3S2. The molecule has 1 aliphatic heterocycles. The molecular weight excluding hydrogens is 534 g/mol. The van der Waals surface area contributed by atoms with E-state index in [0.29, 0.717) is 50.6 Å². The maximum atomic E-state index is 13.5. The fourth-order valence-electron chi connectivity index (χ4n) is 4.77. The van der Waals surface area contributed by atoms with Crippen LogP contribution in [0.1, 0.15) is 43.9 Å². The fraction of sp³-hybridized carbons (Fsp3) is 0.259. The van der Waals surface area contributed by atoms with Gasteiger partial charge < -0.3 is 15.5 Å². The fourth-order valence-corrected chi connectivity index (χ4v) is 6.45. The Labute approximate surface area is 232 Å². The molecule has 1 atom stereocenters. The number of allylic oxidation sites excluding steroid dienone is 3. The zero-order valence-electron chi connectivity index (χ0n) is 21.1. The summed E-state index contributed by atoms with van der Waals surface area (Å²) in [7, 11) is 0. The summed E-state index contributed by atoms with van der Waals surface area (Å²) in [5, 5.41) is 30.7. The summed E-state index contributed by atoms with van der Waals surface area (Å²) >= 11 is 2.43. The van der Waals surface area contributed by atoms with E-state index in [1.54, 1.807) is 41.3 Å². The number of nitrogens with zero attached hydrogens (tertiary/aromatic N) is 5. The second kappa shape index (κ2) is 10.4. The van der Waals surface area contributed by atoms with Crippen molar-refractivity contribution >= 4 is 45.6 Å². The number of furan rings is 1. The molecule has 1 aliphatic carbocycles. The zero-order chi connectivity index (χ0) is 27.7. The largest absolute Gasteiger partial charge is 0.468 e. The summed E-state index contributed by atoms with van der Waals surface area (Å²) in [6.07, 6.45) is 2.39. The summed E-state index contributed by atoms with van der Waals surface area (Å²) in [4.78, 5) is 27.6. The molecule has 12 heteroatoms. The van der Waals surface area contributed by atoms with Crippen LogP contribution in [0, 0.1) is 28.1 Å². The van der Waals surface area contributed by atoms with E-state index in [0.717, 1.165) is 0 Å². The number of rotatable bonds is 6. The van der Waals surface area contributed by atoms with Gasteiger partial charge in [0, 0.05) is 23.4 Å². The van der Waals surface area contributed by atoms with E-state index >= 15 is 0 Å². The molecule has 1 unspecified atom stereocenters. The standard InChI is InChI=1S/C27H23N7O3S2/c1-27(2)10-18-23(19(35)11-27)22(20-4-3-9-37-20)17(13-29)24(30)34(18)25-32-33-26(39-25)38-14-21(36)31-16-7-5-15(12-28)6-8-16/h3-9,22H,10-11,14,30H2,1-2H3,(H,31,36). The van der Waals surface area contributed by atoms with Crippen molar-refractivity contribution in [3.05, 3.63) is 76.6 Å². The van der Waals surface area contributed by atoms with Crippen molar-refractivity contribution in [2.24, 2.45) is 11.1 Å². The van der Waals surface area contributed by atoms with Crippen LogP contribution < -0.4 is 16.0 Å². The Balaban J connectivity index is 1.41. The van der Waals surface area contributed by atoms with Gasteiger partial charge in [0.05, 0.1) is 41.2 Å². The van der Waals surface area contributed by atoms with Crippen molar-refractivity contribution in [3.63, 3.8) is 0 Å². The number of ketones is 1. The Bertz CT molecular complexity index is 1590. The number of nitriles is 2. The molecule has 5 rings (SSSR count). The van der Waals surface area contributed by atoms with Crippen LogP contribution in [-0.4, -0.2) is 27.6 Å². The first-order valence-corrected chi connectivity index (χ1v) is 13.8. The number of carbonyl (C=O) groups is 2. The van der Waals surface area contributed by atoms with Gasteiger partial charge in [-0.2, -0.15) is 10.5 Å². The highest BCUT2D eigenvalue weighted by Crippen LogP contribution is 2.50. The third kappa shape index (κ3) is 5.17. The molecule has 2 aliphatic rings. The number of amides is 1. The quantitative estimate of drug-likeness (QED) is 0.407. The van der Waals surface area contributed by atoms with Gasteiger partial charge >= 0.3 is 0 Å². The minimum Gasteiger partial charge on any atom is -0.468 e. The Kier molecular flexibility index (Phi) is 7.00. The summed E-state index contributed by atoms with van der Waals surface area (Å²) in [5.74, 6) is -0.245. The molecule has 0 saturated heterocycles. The Hall–Kier alpha value is -4.39. The lowest BCUT2D eigenvalue weighted by Crippen LogP contribution is -2.42. The summed E-state index contributed by atoms with van der Waals surface area (Å²) < 4.78 is 6.16. The number of Topliss-reactive ketones (excluding diaryl/α,β-unsaturated/α-hetero) is 1. The molecule has 1 aromatic carbocycles. The van der Waals surface area contributed by atoms with Crippen LogP contribution in [-0.2, 0) is 9.59 Å². The topological polar surface area (TPSA) is 162 Å². The van der Waals surface area contributed by atoms with E-state index in [-0.39, 0.29) is 34.3 Å². The molecule has 3 N–H and O–H groups in total. The first-order valence-electron chi connectivity index (χ1n) is 12.0. The van der Waals surface area contributed by atoms with Crippen LogP contribution in [0.15, 0.2) is 74.1 Å². The van der Waals surface area contributed by atoms with Crippen LogP contribution in [0.3, 0.4) is 0 Å².